The molecule has 0 aliphatic heterocycles. The van der Waals surface area contributed by atoms with E-state index in [-0.39, 0.29) is 29.4 Å². The van der Waals surface area contributed by atoms with Gasteiger partial charge in [0.15, 0.2) is 5.76 Å². The highest BCUT2D eigenvalue weighted by Gasteiger charge is 2.23. The van der Waals surface area contributed by atoms with Crippen LogP contribution in [0.3, 0.4) is 0 Å². The number of carboxylic acids is 1. The van der Waals surface area contributed by atoms with Gasteiger partial charge in [0.25, 0.3) is 0 Å². The van der Waals surface area contributed by atoms with Gasteiger partial charge in [-0.25, -0.2) is 4.98 Å². The van der Waals surface area contributed by atoms with Crippen LogP contribution in [0.5, 0.6) is 11.5 Å². The summed E-state index contributed by atoms with van der Waals surface area (Å²) in [4.78, 5) is 15.5. The minimum Gasteiger partial charge on any atom is -0.508 e. The largest absolute Gasteiger partial charge is 0.508 e. The third-order valence-corrected chi connectivity index (χ3v) is 3.96. The molecular formula is C19H17NO5. The number of oxazole rings is 1. The van der Waals surface area contributed by atoms with Gasteiger partial charge in [-0.05, 0) is 17.5 Å². The van der Waals surface area contributed by atoms with Gasteiger partial charge in [0.2, 0.25) is 5.89 Å². The molecular weight excluding hydrogens is 322 g/mol. The first-order chi connectivity index (χ1) is 12.0. The summed E-state index contributed by atoms with van der Waals surface area (Å²) in [7, 11) is 0. The Kier molecular flexibility index (Phi) is 4.43. The summed E-state index contributed by atoms with van der Waals surface area (Å²) in [6, 6.07) is 10.5. The zero-order chi connectivity index (χ0) is 18.0. The summed E-state index contributed by atoms with van der Waals surface area (Å²) in [5.74, 6) is -0.872. The second-order valence-corrected chi connectivity index (χ2v) is 5.57. The van der Waals surface area contributed by atoms with Crippen LogP contribution in [-0.4, -0.2) is 26.3 Å². The second kappa shape index (κ2) is 6.68. The maximum absolute atomic E-state index is 11.3. The third-order valence-electron chi connectivity index (χ3n) is 3.96. The molecule has 3 N–H and O–H groups in total. The molecule has 0 atom stereocenters. The summed E-state index contributed by atoms with van der Waals surface area (Å²) in [6.07, 6.45) is 1.57. The van der Waals surface area contributed by atoms with Crippen LogP contribution in [-0.2, 0) is 17.6 Å². The molecule has 6 nitrogen and oxygen atoms in total. The normalized spacial score (nSPS) is 10.8. The SMILES string of the molecule is CCc1c(O)cc(O)c(-c2ncc(-c3ccccc3)o2)c1CC(=O)O. The van der Waals surface area contributed by atoms with Crippen molar-refractivity contribution in [1.82, 2.24) is 4.98 Å². The van der Waals surface area contributed by atoms with Gasteiger partial charge in [-0.2, -0.15) is 0 Å². The number of hydrogen-bond donors (Lipinski definition) is 3. The Bertz CT molecular complexity index is 915. The maximum Gasteiger partial charge on any atom is 0.307 e. The van der Waals surface area contributed by atoms with Crippen molar-refractivity contribution in [3.63, 3.8) is 0 Å². The number of rotatable bonds is 5. The molecule has 0 saturated carbocycles. The number of phenols is 2. The van der Waals surface area contributed by atoms with Crippen molar-refractivity contribution in [3.8, 4) is 34.3 Å². The number of carbonyl (C=O) groups is 1. The van der Waals surface area contributed by atoms with Crippen molar-refractivity contribution in [1.29, 1.82) is 0 Å². The first kappa shape index (κ1) is 16.6. The van der Waals surface area contributed by atoms with E-state index in [1.165, 1.54) is 12.3 Å². The molecule has 0 aliphatic rings. The van der Waals surface area contributed by atoms with Crippen molar-refractivity contribution in [3.05, 3.63) is 53.7 Å². The molecule has 6 heteroatoms. The zero-order valence-electron chi connectivity index (χ0n) is 13.6. The minimum absolute atomic E-state index is 0.113. The third kappa shape index (κ3) is 3.19. The van der Waals surface area contributed by atoms with Gasteiger partial charge < -0.3 is 19.7 Å². The van der Waals surface area contributed by atoms with Crippen LogP contribution in [0.2, 0.25) is 0 Å². The van der Waals surface area contributed by atoms with E-state index in [0.29, 0.717) is 23.3 Å². The van der Waals surface area contributed by atoms with Gasteiger partial charge in [0, 0.05) is 11.6 Å². The number of hydrogen-bond acceptors (Lipinski definition) is 5. The highest BCUT2D eigenvalue weighted by atomic mass is 16.4. The Morgan fingerprint density at radius 2 is 1.84 bits per heavy atom. The highest BCUT2D eigenvalue weighted by molar-refractivity contribution is 5.80. The predicted octanol–water partition coefficient (Wildman–Crippen LogP) is 3.61. The van der Waals surface area contributed by atoms with E-state index in [0.717, 1.165) is 5.56 Å². The number of benzene rings is 2. The average Bonchev–Trinajstić information content (AvgIpc) is 3.05. The minimum atomic E-state index is -1.07. The molecule has 0 spiro atoms. The maximum atomic E-state index is 11.3. The fourth-order valence-corrected chi connectivity index (χ4v) is 2.85. The van der Waals surface area contributed by atoms with E-state index in [1.54, 1.807) is 6.92 Å². The van der Waals surface area contributed by atoms with E-state index >= 15 is 0 Å². The lowest BCUT2D eigenvalue weighted by atomic mass is 9.94. The van der Waals surface area contributed by atoms with Gasteiger partial charge in [0.05, 0.1) is 18.2 Å². The molecule has 1 heterocycles. The number of aromatic hydroxyl groups is 2. The average molecular weight is 339 g/mol. The van der Waals surface area contributed by atoms with Crippen LogP contribution >= 0.6 is 0 Å². The number of nitrogens with zero attached hydrogens (tertiary/aromatic N) is 1. The van der Waals surface area contributed by atoms with E-state index in [9.17, 15) is 20.1 Å². The van der Waals surface area contributed by atoms with E-state index in [2.05, 4.69) is 4.98 Å². The lowest BCUT2D eigenvalue weighted by molar-refractivity contribution is -0.136. The van der Waals surface area contributed by atoms with Gasteiger partial charge in [0.1, 0.15) is 11.5 Å². The standard InChI is InChI=1S/C19H17NO5/c1-2-12-13(8-17(23)24)18(15(22)9-14(12)21)19-20-10-16(25-19)11-6-4-3-5-7-11/h3-7,9-10,21-22H,2,8H2,1H3,(H,23,24). The first-order valence-electron chi connectivity index (χ1n) is 7.81. The van der Waals surface area contributed by atoms with Crippen LogP contribution in [0.4, 0.5) is 0 Å². The second-order valence-electron chi connectivity index (χ2n) is 5.57. The molecule has 0 aliphatic carbocycles. The Balaban J connectivity index is 2.17. The lowest BCUT2D eigenvalue weighted by Crippen LogP contribution is -2.06. The van der Waals surface area contributed by atoms with Crippen LogP contribution in [0.15, 0.2) is 47.0 Å². The topological polar surface area (TPSA) is 104 Å². The lowest BCUT2D eigenvalue weighted by Gasteiger charge is -2.14. The number of phenolic OH excluding ortho intramolecular Hbond substituents is 2. The summed E-state index contributed by atoms with van der Waals surface area (Å²) in [5.41, 5.74) is 1.76. The van der Waals surface area contributed by atoms with Crippen molar-refractivity contribution < 1.29 is 24.5 Å². The predicted molar refractivity (Wildman–Crippen MR) is 91.4 cm³/mol. The van der Waals surface area contributed by atoms with Crippen molar-refractivity contribution in [2.24, 2.45) is 0 Å². The molecule has 2 aromatic carbocycles. The molecule has 0 amide bonds. The quantitative estimate of drug-likeness (QED) is 0.656. The fraction of sp³-hybridized carbons (Fsp3) is 0.158. The van der Waals surface area contributed by atoms with Crippen molar-refractivity contribution in [2.75, 3.05) is 0 Å². The Morgan fingerprint density at radius 3 is 2.48 bits per heavy atom. The molecule has 1 aromatic heterocycles. The number of carboxylic acid groups (broad SMARTS) is 1. The molecule has 0 bridgehead atoms. The zero-order valence-corrected chi connectivity index (χ0v) is 13.6. The first-order valence-corrected chi connectivity index (χ1v) is 7.81. The van der Waals surface area contributed by atoms with E-state index < -0.39 is 5.97 Å². The van der Waals surface area contributed by atoms with Crippen LogP contribution < -0.4 is 0 Å². The summed E-state index contributed by atoms with van der Waals surface area (Å²) < 4.78 is 5.75. The molecule has 0 fully saturated rings. The van der Waals surface area contributed by atoms with Gasteiger partial charge in [-0.3, -0.25) is 4.79 Å². The van der Waals surface area contributed by atoms with Gasteiger partial charge in [-0.15, -0.1) is 0 Å². The van der Waals surface area contributed by atoms with Gasteiger partial charge in [-0.1, -0.05) is 37.3 Å². The molecule has 3 rings (SSSR count). The smallest absolute Gasteiger partial charge is 0.307 e. The van der Waals surface area contributed by atoms with Crippen molar-refractivity contribution in [2.45, 2.75) is 19.8 Å². The molecule has 25 heavy (non-hydrogen) atoms. The van der Waals surface area contributed by atoms with E-state index in [1.807, 2.05) is 30.3 Å². The number of aromatic nitrogens is 1. The Hall–Kier alpha value is -3.28. The van der Waals surface area contributed by atoms with Crippen LogP contribution in [0.1, 0.15) is 18.1 Å². The molecule has 0 radical (unpaired) electrons. The summed E-state index contributed by atoms with van der Waals surface area (Å²) in [5, 5.41) is 29.5. The monoisotopic (exact) mass is 339 g/mol. The molecule has 128 valence electrons. The van der Waals surface area contributed by atoms with Crippen LogP contribution in [0.25, 0.3) is 22.8 Å². The van der Waals surface area contributed by atoms with Crippen molar-refractivity contribution >= 4 is 5.97 Å². The van der Waals surface area contributed by atoms with Gasteiger partial charge >= 0.3 is 5.97 Å². The number of aliphatic carboxylic acids is 1. The highest BCUT2D eigenvalue weighted by Crippen LogP contribution is 2.40. The molecule has 3 aromatic rings. The molecule has 0 saturated heterocycles. The van der Waals surface area contributed by atoms with E-state index in [4.69, 9.17) is 4.42 Å². The summed E-state index contributed by atoms with van der Waals surface area (Å²) >= 11 is 0. The Morgan fingerprint density at radius 1 is 1.12 bits per heavy atom. The fourth-order valence-electron chi connectivity index (χ4n) is 2.85. The Labute approximate surface area is 144 Å². The summed E-state index contributed by atoms with van der Waals surface area (Å²) in [6.45, 7) is 1.80. The molecule has 0 unspecified atom stereocenters. The van der Waals surface area contributed by atoms with Crippen LogP contribution in [0, 0.1) is 0 Å².